The lowest BCUT2D eigenvalue weighted by atomic mass is 10.0. The molecule has 0 heterocycles. The second kappa shape index (κ2) is 5.98. The summed E-state index contributed by atoms with van der Waals surface area (Å²) in [5, 5.41) is 19.7. The van der Waals surface area contributed by atoms with Crippen LogP contribution in [-0.2, 0) is 10.6 Å². The third-order valence-electron chi connectivity index (χ3n) is 2.18. The van der Waals surface area contributed by atoms with Crippen LogP contribution in [0.4, 0.5) is 5.69 Å². The molecule has 0 radical (unpaired) electrons. The van der Waals surface area contributed by atoms with Crippen molar-refractivity contribution in [1.82, 2.24) is 0 Å². The molecule has 1 rings (SSSR count). The van der Waals surface area contributed by atoms with E-state index in [0.717, 1.165) is 6.07 Å². The smallest absolute Gasteiger partial charge is 0.345 e. The molecule has 0 fully saturated rings. The Balaban J connectivity index is 3.44. The molecule has 6 nitrogen and oxygen atoms in total. The standard InChI is InChI=1S/C11H9ClN2O4/c1-2-18-11(15)9-3-7(5-12)8(6-13)4-10(9)14(16)17/h3-4H,2,5H2,1H3. The molecule has 0 atom stereocenters. The maximum Gasteiger partial charge on any atom is 0.345 e. The highest BCUT2D eigenvalue weighted by Crippen LogP contribution is 2.25. The fraction of sp³-hybridized carbons (Fsp3) is 0.273. The van der Waals surface area contributed by atoms with Crippen molar-refractivity contribution in [2.75, 3.05) is 6.61 Å². The van der Waals surface area contributed by atoms with Crippen LogP contribution in [0.1, 0.15) is 28.4 Å². The number of hydrogen-bond donors (Lipinski definition) is 0. The molecule has 0 N–H and O–H groups in total. The zero-order chi connectivity index (χ0) is 13.7. The van der Waals surface area contributed by atoms with Crippen molar-refractivity contribution in [3.63, 3.8) is 0 Å². The maximum atomic E-state index is 11.6. The van der Waals surface area contributed by atoms with Crippen molar-refractivity contribution in [1.29, 1.82) is 5.26 Å². The van der Waals surface area contributed by atoms with E-state index in [1.807, 2.05) is 0 Å². The highest BCUT2D eigenvalue weighted by atomic mass is 35.5. The monoisotopic (exact) mass is 268 g/mol. The second-order valence-corrected chi connectivity index (χ2v) is 3.52. The summed E-state index contributed by atoms with van der Waals surface area (Å²) < 4.78 is 4.72. The van der Waals surface area contributed by atoms with Gasteiger partial charge in [-0.15, -0.1) is 11.6 Å². The van der Waals surface area contributed by atoms with Gasteiger partial charge >= 0.3 is 5.97 Å². The molecule has 94 valence electrons. The van der Waals surface area contributed by atoms with Gasteiger partial charge < -0.3 is 4.74 Å². The summed E-state index contributed by atoms with van der Waals surface area (Å²) in [5.74, 6) is -0.826. The fourth-order valence-corrected chi connectivity index (χ4v) is 1.59. The average Bonchev–Trinajstić information content (AvgIpc) is 2.37. The van der Waals surface area contributed by atoms with Crippen molar-refractivity contribution in [2.24, 2.45) is 0 Å². The van der Waals surface area contributed by atoms with Crippen LogP contribution in [0.25, 0.3) is 0 Å². The topological polar surface area (TPSA) is 93.2 Å². The summed E-state index contributed by atoms with van der Waals surface area (Å²) in [6.07, 6.45) is 0. The first-order valence-corrected chi connectivity index (χ1v) is 5.53. The largest absolute Gasteiger partial charge is 0.462 e. The van der Waals surface area contributed by atoms with Gasteiger partial charge in [-0.2, -0.15) is 5.26 Å². The lowest BCUT2D eigenvalue weighted by Crippen LogP contribution is -2.09. The number of nitrogens with zero attached hydrogens (tertiary/aromatic N) is 2. The number of alkyl halides is 1. The van der Waals surface area contributed by atoms with Crippen LogP contribution in [0.15, 0.2) is 12.1 Å². The summed E-state index contributed by atoms with van der Waals surface area (Å²) >= 11 is 5.62. The number of nitro benzene ring substituents is 1. The molecular formula is C11H9ClN2O4. The summed E-state index contributed by atoms with van der Waals surface area (Å²) in [6.45, 7) is 1.70. The van der Waals surface area contributed by atoms with Crippen LogP contribution in [0.2, 0.25) is 0 Å². The van der Waals surface area contributed by atoms with Crippen molar-refractivity contribution in [3.8, 4) is 6.07 Å². The van der Waals surface area contributed by atoms with Crippen LogP contribution in [-0.4, -0.2) is 17.5 Å². The van der Waals surface area contributed by atoms with Crippen LogP contribution >= 0.6 is 11.6 Å². The SMILES string of the molecule is CCOC(=O)c1cc(CCl)c(C#N)cc1[N+](=O)[O-]. The maximum absolute atomic E-state index is 11.6. The highest BCUT2D eigenvalue weighted by Gasteiger charge is 2.24. The predicted octanol–water partition coefficient (Wildman–Crippen LogP) is 2.38. The number of benzene rings is 1. The van der Waals surface area contributed by atoms with Crippen molar-refractivity contribution in [3.05, 3.63) is 38.9 Å². The number of nitro groups is 1. The normalized spacial score (nSPS) is 9.61. The zero-order valence-corrected chi connectivity index (χ0v) is 10.2. The molecule has 1 aromatic rings. The van der Waals surface area contributed by atoms with Crippen LogP contribution < -0.4 is 0 Å². The van der Waals surface area contributed by atoms with Gasteiger partial charge in [0.05, 0.1) is 23.2 Å². The quantitative estimate of drug-likeness (QED) is 0.362. The average molecular weight is 269 g/mol. The number of ether oxygens (including phenoxy) is 1. The third-order valence-corrected chi connectivity index (χ3v) is 2.47. The van der Waals surface area contributed by atoms with Gasteiger partial charge in [-0.3, -0.25) is 10.1 Å². The molecule has 0 aliphatic heterocycles. The van der Waals surface area contributed by atoms with Gasteiger partial charge in [-0.25, -0.2) is 4.79 Å². The lowest BCUT2D eigenvalue weighted by molar-refractivity contribution is -0.385. The summed E-state index contributed by atoms with van der Waals surface area (Å²) in [5.41, 5.74) is -0.229. The third kappa shape index (κ3) is 2.76. The number of carbonyl (C=O) groups excluding carboxylic acids is 1. The fourth-order valence-electron chi connectivity index (χ4n) is 1.37. The summed E-state index contributed by atoms with van der Waals surface area (Å²) in [4.78, 5) is 21.7. The Morgan fingerprint density at radius 2 is 2.28 bits per heavy atom. The molecule has 0 aliphatic carbocycles. The molecule has 0 unspecified atom stereocenters. The Morgan fingerprint density at radius 1 is 1.61 bits per heavy atom. The second-order valence-electron chi connectivity index (χ2n) is 3.25. The van der Waals surface area contributed by atoms with E-state index < -0.39 is 16.6 Å². The van der Waals surface area contributed by atoms with E-state index >= 15 is 0 Å². The first-order valence-electron chi connectivity index (χ1n) is 4.99. The van der Waals surface area contributed by atoms with Crippen LogP contribution in [0.5, 0.6) is 0 Å². The Bertz CT molecular complexity index is 537. The van der Waals surface area contributed by atoms with Gasteiger partial charge in [-0.1, -0.05) is 0 Å². The zero-order valence-electron chi connectivity index (χ0n) is 9.47. The first kappa shape index (κ1) is 13.9. The predicted molar refractivity (Wildman–Crippen MR) is 63.3 cm³/mol. The van der Waals surface area contributed by atoms with Crippen molar-refractivity contribution in [2.45, 2.75) is 12.8 Å². The van der Waals surface area contributed by atoms with Gasteiger partial charge in [0.1, 0.15) is 5.56 Å². The number of halogens is 1. The van der Waals surface area contributed by atoms with E-state index in [2.05, 4.69) is 0 Å². The molecule has 0 spiro atoms. The first-order chi connectivity index (χ1) is 8.54. The summed E-state index contributed by atoms with van der Waals surface area (Å²) in [6, 6.07) is 4.05. The van der Waals surface area contributed by atoms with Gasteiger partial charge in [0.25, 0.3) is 5.69 Å². The van der Waals surface area contributed by atoms with Crippen LogP contribution in [0.3, 0.4) is 0 Å². The number of rotatable bonds is 4. The number of esters is 1. The van der Waals surface area contributed by atoms with Crippen molar-refractivity contribution >= 4 is 23.3 Å². The Hall–Kier alpha value is -2.13. The molecular weight excluding hydrogens is 260 g/mol. The van der Waals surface area contributed by atoms with Gasteiger partial charge in [0.15, 0.2) is 0 Å². The molecule has 0 bridgehead atoms. The van der Waals surface area contributed by atoms with E-state index in [1.165, 1.54) is 6.07 Å². The van der Waals surface area contributed by atoms with Gasteiger partial charge in [0, 0.05) is 11.9 Å². The molecule has 0 saturated heterocycles. The molecule has 1 aromatic carbocycles. The van der Waals surface area contributed by atoms with E-state index in [-0.39, 0.29) is 23.6 Å². The number of hydrogen-bond acceptors (Lipinski definition) is 5. The van der Waals surface area contributed by atoms with Gasteiger partial charge in [-0.05, 0) is 18.6 Å². The molecule has 7 heteroatoms. The molecule has 0 aromatic heterocycles. The number of carbonyl (C=O) groups is 1. The minimum Gasteiger partial charge on any atom is -0.462 e. The molecule has 0 saturated carbocycles. The van der Waals surface area contributed by atoms with E-state index in [1.54, 1.807) is 13.0 Å². The van der Waals surface area contributed by atoms with E-state index in [9.17, 15) is 14.9 Å². The Kier molecular flexibility index (Phi) is 4.63. The van der Waals surface area contributed by atoms with Crippen LogP contribution in [0, 0.1) is 21.4 Å². The summed E-state index contributed by atoms with van der Waals surface area (Å²) in [7, 11) is 0. The number of nitriles is 1. The minimum absolute atomic E-state index is 0.0205. The lowest BCUT2D eigenvalue weighted by Gasteiger charge is -2.06. The molecule has 0 amide bonds. The van der Waals surface area contributed by atoms with Crippen molar-refractivity contribution < 1.29 is 14.5 Å². The molecule has 0 aliphatic rings. The molecule has 18 heavy (non-hydrogen) atoms. The minimum atomic E-state index is -0.806. The van der Waals surface area contributed by atoms with E-state index in [0.29, 0.717) is 5.56 Å². The Labute approximate surface area is 108 Å². The Morgan fingerprint density at radius 3 is 2.72 bits per heavy atom. The van der Waals surface area contributed by atoms with E-state index in [4.69, 9.17) is 21.6 Å². The highest BCUT2D eigenvalue weighted by molar-refractivity contribution is 6.17. The van der Waals surface area contributed by atoms with Gasteiger partial charge in [0.2, 0.25) is 0 Å².